The van der Waals surface area contributed by atoms with Gasteiger partial charge in [0.15, 0.2) is 5.78 Å². The molecule has 1 rings (SSSR count). The molecule has 0 amide bonds. The monoisotopic (exact) mass is 198 g/mol. The highest BCUT2D eigenvalue weighted by Crippen LogP contribution is 2.27. The van der Waals surface area contributed by atoms with Crippen molar-refractivity contribution in [2.75, 3.05) is 7.11 Å². The average Bonchev–Trinajstić information content (AvgIpc) is 2.16. The van der Waals surface area contributed by atoms with E-state index in [1.807, 2.05) is 0 Å². The minimum Gasteiger partial charge on any atom is -0.465 e. The Bertz CT molecular complexity index is 339. The first-order valence-electron chi connectivity index (χ1n) is 4.26. The van der Waals surface area contributed by atoms with Crippen LogP contribution in [0.3, 0.4) is 0 Å². The minimum atomic E-state index is -0.788. The summed E-state index contributed by atoms with van der Waals surface area (Å²) in [5.41, 5.74) is -0.0909. The van der Waals surface area contributed by atoms with E-state index in [9.17, 15) is 14.0 Å². The van der Waals surface area contributed by atoms with Gasteiger partial charge in [-0.3, -0.25) is 4.79 Å². The molecule has 0 spiro atoms. The molecule has 3 nitrogen and oxygen atoms in total. The first kappa shape index (κ1) is 10.6. The number of rotatable bonds is 2. The van der Waals surface area contributed by atoms with Crippen LogP contribution in [0.1, 0.15) is 19.8 Å². The molecule has 0 fully saturated rings. The molecule has 0 aromatic heterocycles. The fourth-order valence-electron chi connectivity index (χ4n) is 1.36. The number of ether oxygens (including phenoxy) is 1. The van der Waals surface area contributed by atoms with Crippen LogP contribution in [0.4, 0.5) is 4.39 Å². The Morgan fingerprint density at radius 2 is 2.14 bits per heavy atom. The quantitative estimate of drug-likeness (QED) is 0.634. The SMILES string of the molecule is COC(=O)C1=C(F)CCC=C1C(C)=O. The first-order valence-corrected chi connectivity index (χ1v) is 4.26. The summed E-state index contributed by atoms with van der Waals surface area (Å²) in [6.45, 7) is 1.30. The molecule has 0 bridgehead atoms. The van der Waals surface area contributed by atoms with Crippen LogP contribution >= 0.6 is 0 Å². The van der Waals surface area contributed by atoms with E-state index in [1.165, 1.54) is 6.92 Å². The standard InChI is InChI=1S/C10H11FO3/c1-6(12)7-4-3-5-8(11)9(7)10(13)14-2/h4H,3,5H2,1-2H3. The number of esters is 1. The van der Waals surface area contributed by atoms with Crippen molar-refractivity contribution in [1.29, 1.82) is 0 Å². The van der Waals surface area contributed by atoms with Gasteiger partial charge in [-0.05, 0) is 13.3 Å². The van der Waals surface area contributed by atoms with Crippen molar-refractivity contribution in [3.63, 3.8) is 0 Å². The van der Waals surface area contributed by atoms with Crippen molar-refractivity contribution in [3.8, 4) is 0 Å². The lowest BCUT2D eigenvalue weighted by Gasteiger charge is -2.13. The number of ketones is 1. The number of hydrogen-bond donors (Lipinski definition) is 0. The van der Waals surface area contributed by atoms with Gasteiger partial charge in [-0.1, -0.05) is 6.08 Å². The van der Waals surface area contributed by atoms with E-state index in [2.05, 4.69) is 4.74 Å². The van der Waals surface area contributed by atoms with Gasteiger partial charge in [0.1, 0.15) is 11.4 Å². The second-order valence-corrected chi connectivity index (χ2v) is 2.98. The fourth-order valence-corrected chi connectivity index (χ4v) is 1.36. The maximum atomic E-state index is 13.3. The number of hydrogen-bond acceptors (Lipinski definition) is 3. The third kappa shape index (κ3) is 1.89. The molecule has 0 saturated heterocycles. The second kappa shape index (κ2) is 4.17. The fraction of sp³-hybridized carbons (Fsp3) is 0.400. The van der Waals surface area contributed by atoms with Crippen molar-refractivity contribution >= 4 is 11.8 Å². The Morgan fingerprint density at radius 1 is 1.50 bits per heavy atom. The largest absolute Gasteiger partial charge is 0.465 e. The van der Waals surface area contributed by atoms with Crippen LogP contribution in [0.5, 0.6) is 0 Å². The van der Waals surface area contributed by atoms with E-state index in [0.717, 1.165) is 7.11 Å². The molecule has 14 heavy (non-hydrogen) atoms. The molecule has 0 saturated carbocycles. The highest BCUT2D eigenvalue weighted by Gasteiger charge is 2.25. The highest BCUT2D eigenvalue weighted by atomic mass is 19.1. The van der Waals surface area contributed by atoms with Gasteiger partial charge in [0.05, 0.1) is 7.11 Å². The van der Waals surface area contributed by atoms with E-state index in [1.54, 1.807) is 6.08 Å². The normalized spacial score (nSPS) is 16.4. The average molecular weight is 198 g/mol. The summed E-state index contributed by atoms with van der Waals surface area (Å²) in [5.74, 6) is -1.67. The Labute approximate surface area is 81.2 Å². The number of halogens is 1. The van der Waals surface area contributed by atoms with E-state index >= 15 is 0 Å². The topological polar surface area (TPSA) is 43.4 Å². The van der Waals surface area contributed by atoms with Gasteiger partial charge >= 0.3 is 5.97 Å². The lowest BCUT2D eigenvalue weighted by molar-refractivity contribution is -0.136. The van der Waals surface area contributed by atoms with Crippen LogP contribution in [-0.4, -0.2) is 18.9 Å². The van der Waals surface area contributed by atoms with Crippen LogP contribution in [0.2, 0.25) is 0 Å². The molecule has 0 radical (unpaired) electrons. The van der Waals surface area contributed by atoms with Crippen molar-refractivity contribution in [1.82, 2.24) is 0 Å². The third-order valence-electron chi connectivity index (χ3n) is 2.02. The van der Waals surface area contributed by atoms with Crippen molar-refractivity contribution in [2.24, 2.45) is 0 Å². The molecule has 0 atom stereocenters. The van der Waals surface area contributed by atoms with Crippen LogP contribution in [-0.2, 0) is 14.3 Å². The molecule has 76 valence electrons. The van der Waals surface area contributed by atoms with Crippen LogP contribution in [0.25, 0.3) is 0 Å². The lowest BCUT2D eigenvalue weighted by Crippen LogP contribution is -2.15. The predicted molar refractivity (Wildman–Crippen MR) is 48.1 cm³/mol. The van der Waals surface area contributed by atoms with Crippen molar-refractivity contribution in [2.45, 2.75) is 19.8 Å². The summed E-state index contributed by atoms with van der Waals surface area (Å²) >= 11 is 0. The molecule has 0 aliphatic heterocycles. The molecule has 0 aromatic rings. The maximum Gasteiger partial charge on any atom is 0.341 e. The lowest BCUT2D eigenvalue weighted by atomic mass is 9.94. The van der Waals surface area contributed by atoms with Gasteiger partial charge in [0, 0.05) is 12.0 Å². The Hall–Kier alpha value is -1.45. The van der Waals surface area contributed by atoms with E-state index < -0.39 is 11.8 Å². The summed E-state index contributed by atoms with van der Waals surface area (Å²) in [7, 11) is 1.16. The number of carbonyl (C=O) groups is 2. The van der Waals surface area contributed by atoms with Gasteiger partial charge in [0.2, 0.25) is 0 Å². The van der Waals surface area contributed by atoms with Crippen LogP contribution < -0.4 is 0 Å². The van der Waals surface area contributed by atoms with Gasteiger partial charge in [-0.25, -0.2) is 9.18 Å². The van der Waals surface area contributed by atoms with Gasteiger partial charge in [-0.15, -0.1) is 0 Å². The Morgan fingerprint density at radius 3 is 2.64 bits per heavy atom. The van der Waals surface area contributed by atoms with Gasteiger partial charge < -0.3 is 4.74 Å². The maximum absolute atomic E-state index is 13.3. The van der Waals surface area contributed by atoms with Crippen molar-refractivity contribution < 1.29 is 18.7 Å². The smallest absolute Gasteiger partial charge is 0.341 e. The third-order valence-corrected chi connectivity index (χ3v) is 2.02. The highest BCUT2D eigenvalue weighted by molar-refractivity contribution is 6.09. The van der Waals surface area contributed by atoms with E-state index in [0.29, 0.717) is 6.42 Å². The minimum absolute atomic E-state index is 0.126. The zero-order valence-corrected chi connectivity index (χ0v) is 8.09. The van der Waals surface area contributed by atoms with Crippen LogP contribution in [0, 0.1) is 0 Å². The van der Waals surface area contributed by atoms with E-state index in [-0.39, 0.29) is 23.4 Å². The molecule has 1 aliphatic rings. The molecular weight excluding hydrogens is 187 g/mol. The molecule has 1 aliphatic carbocycles. The molecule has 4 heteroatoms. The van der Waals surface area contributed by atoms with Crippen molar-refractivity contribution in [3.05, 3.63) is 23.0 Å². The molecule has 0 N–H and O–H groups in total. The zero-order valence-electron chi connectivity index (χ0n) is 8.09. The van der Waals surface area contributed by atoms with Gasteiger partial charge in [0.25, 0.3) is 0 Å². The first-order chi connectivity index (χ1) is 6.57. The molecule has 0 unspecified atom stereocenters. The van der Waals surface area contributed by atoms with E-state index in [4.69, 9.17) is 0 Å². The zero-order chi connectivity index (χ0) is 10.7. The summed E-state index contributed by atoms with van der Waals surface area (Å²) in [6, 6.07) is 0. The summed E-state index contributed by atoms with van der Waals surface area (Å²) in [6.07, 6.45) is 2.17. The predicted octanol–water partition coefficient (Wildman–Crippen LogP) is 1.69. The number of carbonyl (C=O) groups excluding carboxylic acids is 2. The second-order valence-electron chi connectivity index (χ2n) is 2.98. The summed E-state index contributed by atoms with van der Waals surface area (Å²) in [5, 5.41) is 0. The van der Waals surface area contributed by atoms with Gasteiger partial charge in [-0.2, -0.15) is 0 Å². The number of methoxy groups -OCH3 is 1. The number of allylic oxidation sites excluding steroid dienone is 2. The number of Topliss-reactive ketones (excluding diaryl/α,β-unsaturated/α-hetero) is 1. The van der Waals surface area contributed by atoms with Crippen LogP contribution in [0.15, 0.2) is 23.0 Å². The molecule has 0 heterocycles. The summed E-state index contributed by atoms with van der Waals surface area (Å²) in [4.78, 5) is 22.3. The Balaban J connectivity index is 3.13. The summed E-state index contributed by atoms with van der Waals surface area (Å²) < 4.78 is 17.7. The molecular formula is C10H11FO3. The molecule has 0 aromatic carbocycles. The Kier molecular flexibility index (Phi) is 3.17.